The molecule has 0 aromatic heterocycles. The summed E-state index contributed by atoms with van der Waals surface area (Å²) in [6, 6.07) is 4.98. The van der Waals surface area contributed by atoms with E-state index in [1.807, 2.05) is 6.92 Å². The lowest BCUT2D eigenvalue weighted by Crippen LogP contribution is -2.61. The van der Waals surface area contributed by atoms with Crippen molar-refractivity contribution in [3.8, 4) is 5.75 Å². The van der Waals surface area contributed by atoms with Crippen LogP contribution in [0, 0.1) is 17.8 Å². The van der Waals surface area contributed by atoms with E-state index in [1.165, 1.54) is 26.2 Å². The topological polar surface area (TPSA) is 79.5 Å². The zero-order chi connectivity index (χ0) is 19.9. The molecule has 1 aromatic carbocycles. The van der Waals surface area contributed by atoms with Crippen molar-refractivity contribution in [1.29, 1.82) is 0 Å². The Labute approximate surface area is 166 Å². The van der Waals surface area contributed by atoms with Crippen molar-refractivity contribution in [2.75, 3.05) is 17.7 Å². The van der Waals surface area contributed by atoms with Gasteiger partial charge in [-0.15, -0.1) is 0 Å². The van der Waals surface area contributed by atoms with Gasteiger partial charge in [-0.25, -0.2) is 0 Å². The second-order valence-corrected chi connectivity index (χ2v) is 9.15. The average Bonchev–Trinajstić information content (AvgIpc) is 2.59. The van der Waals surface area contributed by atoms with Crippen LogP contribution in [0.1, 0.15) is 52.4 Å². The van der Waals surface area contributed by atoms with E-state index in [4.69, 9.17) is 4.74 Å². The molecule has 6 heteroatoms. The molecule has 0 aliphatic heterocycles. The van der Waals surface area contributed by atoms with E-state index in [1.54, 1.807) is 25.3 Å². The molecule has 4 bridgehead atoms. The molecule has 5 rings (SSSR count). The van der Waals surface area contributed by atoms with Gasteiger partial charge in [0, 0.05) is 18.2 Å². The highest BCUT2D eigenvalue weighted by atomic mass is 16.5. The first-order valence-electron chi connectivity index (χ1n) is 10.4. The predicted octanol–water partition coefficient (Wildman–Crippen LogP) is 3.54. The number of hydrogen-bond donors (Lipinski definition) is 3. The molecule has 4 fully saturated rings. The quantitative estimate of drug-likeness (QED) is 0.700. The zero-order valence-electron chi connectivity index (χ0n) is 17.0. The summed E-state index contributed by atoms with van der Waals surface area (Å²) < 4.78 is 5.41. The fraction of sp³-hybridized carbons (Fsp3) is 0.636. The molecule has 4 saturated carbocycles. The SMILES string of the molecule is COc1ccc(NC(C)=O)cc1N[C@H](C)C(=O)NC12CC3CC(CC(C3)C1)C2. The number of nitrogens with one attached hydrogen (secondary N) is 3. The first kappa shape index (κ1) is 19.1. The summed E-state index contributed by atoms with van der Waals surface area (Å²) in [5.41, 5.74) is 1.37. The fourth-order valence-corrected chi connectivity index (χ4v) is 6.03. The van der Waals surface area contributed by atoms with Gasteiger partial charge in [-0.05, 0) is 81.4 Å². The number of benzene rings is 1. The Kier molecular flexibility index (Phi) is 4.98. The van der Waals surface area contributed by atoms with Gasteiger partial charge in [0.1, 0.15) is 11.8 Å². The molecule has 28 heavy (non-hydrogen) atoms. The number of ether oxygens (including phenoxy) is 1. The van der Waals surface area contributed by atoms with Gasteiger partial charge >= 0.3 is 0 Å². The van der Waals surface area contributed by atoms with Crippen LogP contribution in [0.15, 0.2) is 18.2 Å². The Morgan fingerprint density at radius 1 is 1.11 bits per heavy atom. The number of rotatable bonds is 6. The highest BCUT2D eigenvalue weighted by Gasteiger charge is 2.51. The predicted molar refractivity (Wildman–Crippen MR) is 109 cm³/mol. The Bertz CT molecular complexity index is 741. The summed E-state index contributed by atoms with van der Waals surface area (Å²) in [5.74, 6) is 2.93. The largest absolute Gasteiger partial charge is 0.495 e. The fourth-order valence-electron chi connectivity index (χ4n) is 6.03. The molecule has 1 atom stereocenters. The summed E-state index contributed by atoms with van der Waals surface area (Å²) in [6.45, 7) is 3.35. The third kappa shape index (κ3) is 3.82. The highest BCUT2D eigenvalue weighted by molar-refractivity contribution is 5.90. The molecule has 4 aliphatic carbocycles. The van der Waals surface area contributed by atoms with E-state index in [0.29, 0.717) is 17.1 Å². The maximum absolute atomic E-state index is 13.0. The van der Waals surface area contributed by atoms with Crippen LogP contribution in [0.2, 0.25) is 0 Å². The molecule has 3 N–H and O–H groups in total. The minimum absolute atomic E-state index is 0.00386. The Hall–Kier alpha value is -2.24. The van der Waals surface area contributed by atoms with Gasteiger partial charge in [0.25, 0.3) is 0 Å². The summed E-state index contributed by atoms with van der Waals surface area (Å²) in [5, 5.41) is 9.45. The maximum Gasteiger partial charge on any atom is 0.242 e. The number of anilines is 2. The van der Waals surface area contributed by atoms with Crippen molar-refractivity contribution in [1.82, 2.24) is 5.32 Å². The van der Waals surface area contributed by atoms with Crippen molar-refractivity contribution in [3.63, 3.8) is 0 Å². The van der Waals surface area contributed by atoms with Gasteiger partial charge < -0.3 is 20.7 Å². The van der Waals surface area contributed by atoms with Gasteiger partial charge in [-0.3, -0.25) is 9.59 Å². The lowest BCUT2D eigenvalue weighted by atomic mass is 9.53. The molecule has 2 amide bonds. The van der Waals surface area contributed by atoms with Crippen molar-refractivity contribution in [3.05, 3.63) is 18.2 Å². The van der Waals surface area contributed by atoms with Gasteiger partial charge in [-0.1, -0.05) is 0 Å². The molecule has 0 heterocycles. The molecule has 6 nitrogen and oxygen atoms in total. The van der Waals surface area contributed by atoms with Crippen LogP contribution in [-0.2, 0) is 9.59 Å². The molecule has 1 aromatic rings. The summed E-state index contributed by atoms with van der Waals surface area (Å²) in [7, 11) is 1.60. The lowest BCUT2D eigenvalue weighted by molar-refractivity contribution is -0.127. The smallest absolute Gasteiger partial charge is 0.242 e. The van der Waals surface area contributed by atoms with E-state index in [0.717, 1.165) is 37.0 Å². The number of carbonyl (C=O) groups excluding carboxylic acids is 2. The molecule has 0 radical (unpaired) electrons. The Balaban J connectivity index is 1.44. The van der Waals surface area contributed by atoms with Crippen LogP contribution in [0.5, 0.6) is 5.75 Å². The summed E-state index contributed by atoms with van der Waals surface area (Å²) in [6.07, 6.45) is 7.48. The van der Waals surface area contributed by atoms with Gasteiger partial charge in [-0.2, -0.15) is 0 Å². The standard InChI is InChI=1S/C22H31N3O3/c1-13(23-19-9-18(24-14(2)26)4-5-20(19)28-3)21(27)25-22-10-15-6-16(11-22)8-17(7-15)12-22/h4-5,9,13,15-17,23H,6-8,10-12H2,1-3H3,(H,24,26)(H,25,27)/t13-,15?,16?,17?,22?/m1/s1. The second-order valence-electron chi connectivity index (χ2n) is 9.15. The number of methoxy groups -OCH3 is 1. The van der Waals surface area contributed by atoms with E-state index in [9.17, 15) is 9.59 Å². The van der Waals surface area contributed by atoms with E-state index in [2.05, 4.69) is 16.0 Å². The number of amides is 2. The molecule has 152 valence electrons. The van der Waals surface area contributed by atoms with Crippen LogP contribution in [0.25, 0.3) is 0 Å². The third-order valence-corrected chi connectivity index (χ3v) is 6.71. The second kappa shape index (κ2) is 7.30. The van der Waals surface area contributed by atoms with Crippen LogP contribution in [0.3, 0.4) is 0 Å². The van der Waals surface area contributed by atoms with Crippen molar-refractivity contribution >= 4 is 23.2 Å². The molecule has 0 unspecified atom stereocenters. The van der Waals surface area contributed by atoms with Crippen molar-refractivity contribution < 1.29 is 14.3 Å². The van der Waals surface area contributed by atoms with E-state index in [-0.39, 0.29) is 17.4 Å². The minimum Gasteiger partial charge on any atom is -0.495 e. The Morgan fingerprint density at radius 3 is 2.25 bits per heavy atom. The average molecular weight is 386 g/mol. The molecular formula is C22H31N3O3. The van der Waals surface area contributed by atoms with Gasteiger partial charge in [0.2, 0.25) is 11.8 Å². The summed E-state index contributed by atoms with van der Waals surface area (Å²) in [4.78, 5) is 24.3. The first-order valence-corrected chi connectivity index (χ1v) is 10.4. The lowest BCUT2D eigenvalue weighted by Gasteiger charge is -2.57. The van der Waals surface area contributed by atoms with Crippen LogP contribution in [-0.4, -0.2) is 30.5 Å². The summed E-state index contributed by atoms with van der Waals surface area (Å²) >= 11 is 0. The van der Waals surface area contributed by atoms with Crippen molar-refractivity contribution in [2.24, 2.45) is 17.8 Å². The van der Waals surface area contributed by atoms with E-state index < -0.39 is 6.04 Å². The van der Waals surface area contributed by atoms with Crippen LogP contribution < -0.4 is 20.7 Å². The maximum atomic E-state index is 13.0. The Morgan fingerprint density at radius 2 is 1.71 bits per heavy atom. The van der Waals surface area contributed by atoms with Crippen LogP contribution >= 0.6 is 0 Å². The van der Waals surface area contributed by atoms with Crippen LogP contribution in [0.4, 0.5) is 11.4 Å². The monoisotopic (exact) mass is 385 g/mol. The zero-order valence-corrected chi connectivity index (χ0v) is 17.0. The molecular weight excluding hydrogens is 354 g/mol. The van der Waals surface area contributed by atoms with Gasteiger partial charge in [0.05, 0.1) is 12.8 Å². The minimum atomic E-state index is -0.394. The van der Waals surface area contributed by atoms with Gasteiger partial charge in [0.15, 0.2) is 0 Å². The first-order chi connectivity index (χ1) is 13.4. The van der Waals surface area contributed by atoms with Crippen molar-refractivity contribution in [2.45, 2.75) is 64.0 Å². The molecule has 4 aliphatic rings. The number of hydrogen-bond acceptors (Lipinski definition) is 4. The number of carbonyl (C=O) groups is 2. The van der Waals surface area contributed by atoms with E-state index >= 15 is 0 Å². The third-order valence-electron chi connectivity index (χ3n) is 6.71. The normalized spacial score (nSPS) is 31.2. The highest BCUT2D eigenvalue weighted by Crippen LogP contribution is 2.55. The molecule has 0 spiro atoms. The molecule has 0 saturated heterocycles.